The van der Waals surface area contributed by atoms with Crippen molar-refractivity contribution in [2.24, 2.45) is 5.41 Å². The Hall–Kier alpha value is -0.520. The summed E-state index contributed by atoms with van der Waals surface area (Å²) in [6.45, 7) is 4.59. The lowest BCUT2D eigenvalue weighted by molar-refractivity contribution is 0.468. The van der Waals surface area contributed by atoms with Gasteiger partial charge in [0.1, 0.15) is 0 Å². The molecule has 0 aromatic heterocycles. The second-order valence-electron chi connectivity index (χ2n) is 3.65. The van der Waals surface area contributed by atoms with Crippen LogP contribution in [0.5, 0.6) is 0 Å². The van der Waals surface area contributed by atoms with Crippen LogP contribution in [0.4, 0.5) is 0 Å². The van der Waals surface area contributed by atoms with Gasteiger partial charge in [-0.15, -0.1) is 0 Å². The highest BCUT2D eigenvalue weighted by Gasteiger charge is 2.33. The van der Waals surface area contributed by atoms with Crippen molar-refractivity contribution in [1.29, 1.82) is 0 Å². The molecule has 2 bridgehead atoms. The molecule has 0 heteroatoms. The van der Waals surface area contributed by atoms with Crippen LogP contribution < -0.4 is 0 Å². The second kappa shape index (κ2) is 1.31. The fourth-order valence-electron chi connectivity index (χ4n) is 1.99. The molecule has 0 spiro atoms. The van der Waals surface area contributed by atoms with Crippen LogP contribution >= 0.6 is 0 Å². The Kier molecular flexibility index (Phi) is 0.769. The van der Waals surface area contributed by atoms with Gasteiger partial charge in [-0.2, -0.15) is 0 Å². The number of fused-ring (bicyclic) bond motifs is 2. The van der Waals surface area contributed by atoms with E-state index in [0.29, 0.717) is 5.41 Å². The van der Waals surface area contributed by atoms with Crippen molar-refractivity contribution >= 4 is 0 Å². The normalized spacial score (nSPS) is 38.9. The van der Waals surface area contributed by atoms with E-state index in [1.54, 1.807) is 11.1 Å². The molecular weight excluding hydrogens is 108 g/mol. The Morgan fingerprint density at radius 2 is 2.22 bits per heavy atom. The zero-order chi connectivity index (χ0) is 6.48. The number of hydrogen-bond donors (Lipinski definition) is 0. The van der Waals surface area contributed by atoms with Gasteiger partial charge in [-0.3, -0.25) is 0 Å². The molecule has 0 radical (unpaired) electrons. The number of hydrogen-bond acceptors (Lipinski definition) is 0. The first-order valence-electron chi connectivity index (χ1n) is 3.57. The molecule has 0 heterocycles. The standard InChI is InChI=1S/C9H12/c1-7-5-9(2)4-3-8(7)6-9/h3-4H,5-6H2,1-2H3. The van der Waals surface area contributed by atoms with Crippen LogP contribution in [-0.2, 0) is 0 Å². The zero-order valence-electron chi connectivity index (χ0n) is 6.07. The fourth-order valence-corrected chi connectivity index (χ4v) is 1.99. The van der Waals surface area contributed by atoms with Gasteiger partial charge in [0.15, 0.2) is 0 Å². The summed E-state index contributed by atoms with van der Waals surface area (Å²) in [6.07, 6.45) is 7.26. The lowest BCUT2D eigenvalue weighted by Gasteiger charge is -2.15. The third kappa shape index (κ3) is 0.592. The van der Waals surface area contributed by atoms with Crippen LogP contribution in [0.3, 0.4) is 0 Å². The maximum Gasteiger partial charge on any atom is -0.00658 e. The van der Waals surface area contributed by atoms with Crippen LogP contribution in [0.1, 0.15) is 26.7 Å². The third-order valence-corrected chi connectivity index (χ3v) is 2.50. The van der Waals surface area contributed by atoms with Crippen LogP contribution in [0.2, 0.25) is 0 Å². The molecule has 2 aliphatic rings. The lowest BCUT2D eigenvalue weighted by Crippen LogP contribution is -2.04. The largest absolute Gasteiger partial charge is 0.0777 e. The van der Waals surface area contributed by atoms with Gasteiger partial charge in [-0.25, -0.2) is 0 Å². The smallest absolute Gasteiger partial charge is 0.00658 e. The second-order valence-corrected chi connectivity index (χ2v) is 3.65. The Balaban J connectivity index is 2.46. The first kappa shape index (κ1) is 5.28. The highest BCUT2D eigenvalue weighted by atomic mass is 14.4. The Labute approximate surface area is 56.3 Å². The van der Waals surface area contributed by atoms with E-state index in [1.165, 1.54) is 12.8 Å². The lowest BCUT2D eigenvalue weighted by atomic mass is 9.89. The molecule has 1 unspecified atom stereocenters. The molecular formula is C9H12. The van der Waals surface area contributed by atoms with Crippen LogP contribution in [0, 0.1) is 5.41 Å². The highest BCUT2D eigenvalue weighted by Crippen LogP contribution is 2.48. The van der Waals surface area contributed by atoms with Crippen LogP contribution in [-0.4, -0.2) is 0 Å². The van der Waals surface area contributed by atoms with Gasteiger partial charge in [-0.1, -0.05) is 24.6 Å². The van der Waals surface area contributed by atoms with Crippen molar-refractivity contribution < 1.29 is 0 Å². The molecule has 0 N–H and O–H groups in total. The number of rotatable bonds is 0. The molecule has 9 heavy (non-hydrogen) atoms. The summed E-state index contributed by atoms with van der Waals surface area (Å²) >= 11 is 0. The highest BCUT2D eigenvalue weighted by molar-refractivity contribution is 5.40. The Bertz CT molecular complexity index is 204. The average Bonchev–Trinajstić information content (AvgIpc) is 2.20. The van der Waals surface area contributed by atoms with Gasteiger partial charge >= 0.3 is 0 Å². The van der Waals surface area contributed by atoms with E-state index in [9.17, 15) is 0 Å². The maximum atomic E-state index is 2.36. The SMILES string of the molecule is CC1=C2C=CC(C)(C1)C2. The van der Waals surface area contributed by atoms with Gasteiger partial charge in [0.2, 0.25) is 0 Å². The summed E-state index contributed by atoms with van der Waals surface area (Å²) in [5.74, 6) is 0. The molecule has 0 saturated heterocycles. The number of allylic oxidation sites excluding steroid dienone is 4. The van der Waals surface area contributed by atoms with Gasteiger partial charge < -0.3 is 0 Å². The molecule has 0 fully saturated rings. The summed E-state index contributed by atoms with van der Waals surface area (Å²) < 4.78 is 0. The van der Waals surface area contributed by atoms with Gasteiger partial charge in [0, 0.05) is 0 Å². The minimum Gasteiger partial charge on any atom is -0.0777 e. The van der Waals surface area contributed by atoms with E-state index in [1.807, 2.05) is 0 Å². The van der Waals surface area contributed by atoms with E-state index in [4.69, 9.17) is 0 Å². The van der Waals surface area contributed by atoms with Crippen molar-refractivity contribution in [2.45, 2.75) is 26.7 Å². The van der Waals surface area contributed by atoms with Gasteiger partial charge in [0.25, 0.3) is 0 Å². The third-order valence-electron chi connectivity index (χ3n) is 2.50. The summed E-state index contributed by atoms with van der Waals surface area (Å²) in [7, 11) is 0. The quantitative estimate of drug-likeness (QED) is 0.461. The summed E-state index contributed by atoms with van der Waals surface area (Å²) in [4.78, 5) is 0. The summed E-state index contributed by atoms with van der Waals surface area (Å²) in [5, 5.41) is 0. The summed E-state index contributed by atoms with van der Waals surface area (Å²) in [5.41, 5.74) is 3.73. The molecule has 0 aromatic rings. The first-order chi connectivity index (χ1) is 4.20. The van der Waals surface area contributed by atoms with Crippen molar-refractivity contribution in [1.82, 2.24) is 0 Å². The van der Waals surface area contributed by atoms with Crippen molar-refractivity contribution in [3.63, 3.8) is 0 Å². The van der Waals surface area contributed by atoms with E-state index in [0.717, 1.165) is 0 Å². The van der Waals surface area contributed by atoms with Crippen molar-refractivity contribution in [2.75, 3.05) is 0 Å². The average molecular weight is 120 g/mol. The molecule has 0 aliphatic heterocycles. The molecule has 2 rings (SSSR count). The predicted octanol–water partition coefficient (Wildman–Crippen LogP) is 2.67. The molecule has 0 saturated carbocycles. The van der Waals surface area contributed by atoms with Gasteiger partial charge in [-0.05, 0) is 30.8 Å². The van der Waals surface area contributed by atoms with Crippen molar-refractivity contribution in [3.8, 4) is 0 Å². The van der Waals surface area contributed by atoms with Crippen molar-refractivity contribution in [3.05, 3.63) is 23.3 Å². The Morgan fingerprint density at radius 1 is 1.44 bits per heavy atom. The minimum absolute atomic E-state index is 0.527. The molecule has 1 atom stereocenters. The topological polar surface area (TPSA) is 0 Å². The van der Waals surface area contributed by atoms with E-state index >= 15 is 0 Å². The summed E-state index contributed by atoms with van der Waals surface area (Å²) in [6, 6.07) is 0. The van der Waals surface area contributed by atoms with E-state index in [2.05, 4.69) is 26.0 Å². The molecule has 48 valence electrons. The first-order valence-corrected chi connectivity index (χ1v) is 3.57. The molecule has 0 aromatic carbocycles. The fraction of sp³-hybridized carbons (Fsp3) is 0.556. The van der Waals surface area contributed by atoms with Crippen LogP contribution in [0.25, 0.3) is 0 Å². The zero-order valence-corrected chi connectivity index (χ0v) is 6.07. The molecule has 0 nitrogen and oxygen atoms in total. The predicted molar refractivity (Wildman–Crippen MR) is 39.2 cm³/mol. The van der Waals surface area contributed by atoms with E-state index < -0.39 is 0 Å². The van der Waals surface area contributed by atoms with Crippen LogP contribution in [0.15, 0.2) is 23.3 Å². The van der Waals surface area contributed by atoms with Gasteiger partial charge in [0.05, 0.1) is 0 Å². The minimum atomic E-state index is 0.527. The maximum absolute atomic E-state index is 2.36. The molecule has 0 amide bonds. The molecule has 2 aliphatic carbocycles. The van der Waals surface area contributed by atoms with E-state index in [-0.39, 0.29) is 0 Å². The monoisotopic (exact) mass is 120 g/mol. The Morgan fingerprint density at radius 3 is 2.44 bits per heavy atom.